The van der Waals surface area contributed by atoms with E-state index in [9.17, 15) is 4.79 Å². The molecule has 106 valence electrons. The van der Waals surface area contributed by atoms with Crippen molar-refractivity contribution in [2.75, 3.05) is 31.2 Å². The molecule has 4 nitrogen and oxygen atoms in total. The lowest BCUT2D eigenvalue weighted by Gasteiger charge is -2.18. The van der Waals surface area contributed by atoms with Crippen molar-refractivity contribution in [3.8, 4) is 0 Å². The maximum absolute atomic E-state index is 12.0. The van der Waals surface area contributed by atoms with Crippen LogP contribution in [0.5, 0.6) is 0 Å². The quantitative estimate of drug-likeness (QED) is 0.775. The molecule has 0 unspecified atom stereocenters. The molecule has 0 saturated carbocycles. The summed E-state index contributed by atoms with van der Waals surface area (Å²) in [6.07, 6.45) is 1.09. The van der Waals surface area contributed by atoms with Crippen LogP contribution in [0.4, 0.5) is 11.4 Å². The third-order valence-corrected chi connectivity index (χ3v) is 3.07. The molecular formula is C15H25N3O. The molecule has 0 atom stereocenters. The number of rotatable bonds is 6. The van der Waals surface area contributed by atoms with Gasteiger partial charge in [0.2, 0.25) is 5.91 Å². The third kappa shape index (κ3) is 5.30. The highest BCUT2D eigenvalue weighted by Crippen LogP contribution is 2.22. The van der Waals surface area contributed by atoms with E-state index in [-0.39, 0.29) is 5.91 Å². The number of anilines is 2. The molecule has 0 radical (unpaired) electrons. The van der Waals surface area contributed by atoms with Gasteiger partial charge in [0, 0.05) is 0 Å². The highest BCUT2D eigenvalue weighted by molar-refractivity contribution is 5.96. The summed E-state index contributed by atoms with van der Waals surface area (Å²) in [5.41, 5.74) is 8.19. The van der Waals surface area contributed by atoms with E-state index in [4.69, 9.17) is 5.73 Å². The summed E-state index contributed by atoms with van der Waals surface area (Å²) >= 11 is 0. The Morgan fingerprint density at radius 1 is 1.42 bits per heavy atom. The monoisotopic (exact) mass is 263 g/mol. The number of likely N-dealkylation sites (N-methyl/N-ethyl adjacent to an activating group) is 1. The molecule has 0 bridgehead atoms. The van der Waals surface area contributed by atoms with Crippen LogP contribution in [-0.4, -0.2) is 30.9 Å². The Balaban J connectivity index is 2.51. The second kappa shape index (κ2) is 7.14. The Hall–Kier alpha value is -1.55. The van der Waals surface area contributed by atoms with Crippen LogP contribution in [0.1, 0.15) is 25.8 Å². The SMILES string of the molecule is Cc1cccc(N)c1NC(=O)CN(C)CCC(C)C. The number of benzene rings is 1. The van der Waals surface area contributed by atoms with Gasteiger partial charge in [0.1, 0.15) is 0 Å². The number of carbonyl (C=O) groups is 1. The topological polar surface area (TPSA) is 58.4 Å². The zero-order valence-electron chi connectivity index (χ0n) is 12.4. The minimum atomic E-state index is -0.0211. The zero-order chi connectivity index (χ0) is 14.4. The number of nitrogens with two attached hydrogens (primary N) is 1. The number of amides is 1. The van der Waals surface area contributed by atoms with Gasteiger partial charge in [0.25, 0.3) is 0 Å². The molecule has 1 rings (SSSR count). The molecule has 0 heterocycles. The molecule has 0 spiro atoms. The minimum Gasteiger partial charge on any atom is -0.397 e. The molecule has 0 saturated heterocycles. The molecule has 1 aromatic rings. The number of nitrogen functional groups attached to an aromatic ring is 1. The van der Waals surface area contributed by atoms with Crippen molar-refractivity contribution in [2.45, 2.75) is 27.2 Å². The van der Waals surface area contributed by atoms with Gasteiger partial charge in [-0.3, -0.25) is 9.69 Å². The number of para-hydroxylation sites is 1. The molecule has 0 aliphatic rings. The lowest BCUT2D eigenvalue weighted by atomic mass is 10.1. The van der Waals surface area contributed by atoms with Crippen molar-refractivity contribution >= 4 is 17.3 Å². The zero-order valence-corrected chi connectivity index (χ0v) is 12.4. The first kappa shape index (κ1) is 15.5. The largest absolute Gasteiger partial charge is 0.397 e. The van der Waals surface area contributed by atoms with Crippen molar-refractivity contribution in [3.05, 3.63) is 23.8 Å². The van der Waals surface area contributed by atoms with Crippen LogP contribution in [0.3, 0.4) is 0 Å². The van der Waals surface area contributed by atoms with Gasteiger partial charge in [-0.15, -0.1) is 0 Å². The fourth-order valence-electron chi connectivity index (χ4n) is 1.84. The highest BCUT2D eigenvalue weighted by Gasteiger charge is 2.10. The van der Waals surface area contributed by atoms with E-state index >= 15 is 0 Å². The number of hydrogen-bond acceptors (Lipinski definition) is 3. The van der Waals surface area contributed by atoms with Crippen LogP contribution < -0.4 is 11.1 Å². The normalized spacial score (nSPS) is 11.1. The average molecular weight is 263 g/mol. The predicted octanol–water partition coefficient (Wildman–Crippen LogP) is 2.49. The first-order chi connectivity index (χ1) is 8.90. The summed E-state index contributed by atoms with van der Waals surface area (Å²) in [4.78, 5) is 14.0. The van der Waals surface area contributed by atoms with Crippen LogP contribution in [0, 0.1) is 12.8 Å². The fourth-order valence-corrected chi connectivity index (χ4v) is 1.84. The number of nitrogens with one attached hydrogen (secondary N) is 1. The van der Waals surface area contributed by atoms with Crippen molar-refractivity contribution in [3.63, 3.8) is 0 Å². The molecule has 3 N–H and O–H groups in total. The van der Waals surface area contributed by atoms with E-state index in [1.54, 1.807) is 6.07 Å². The van der Waals surface area contributed by atoms with Crippen LogP contribution in [0.15, 0.2) is 18.2 Å². The van der Waals surface area contributed by atoms with Crippen molar-refractivity contribution in [1.29, 1.82) is 0 Å². The number of carbonyl (C=O) groups excluding carboxylic acids is 1. The lowest BCUT2D eigenvalue weighted by molar-refractivity contribution is -0.117. The first-order valence-electron chi connectivity index (χ1n) is 6.73. The summed E-state index contributed by atoms with van der Waals surface area (Å²) in [6, 6.07) is 5.62. The van der Waals surface area contributed by atoms with Crippen molar-refractivity contribution in [2.24, 2.45) is 5.92 Å². The molecule has 0 fully saturated rings. The average Bonchev–Trinajstić information content (AvgIpc) is 2.31. The van der Waals surface area contributed by atoms with Crippen molar-refractivity contribution < 1.29 is 4.79 Å². The third-order valence-electron chi connectivity index (χ3n) is 3.07. The molecule has 1 aromatic carbocycles. The van der Waals surface area contributed by atoms with Gasteiger partial charge in [0.05, 0.1) is 17.9 Å². The molecule has 0 aromatic heterocycles. The van der Waals surface area contributed by atoms with Gasteiger partial charge >= 0.3 is 0 Å². The van der Waals surface area contributed by atoms with E-state index in [1.165, 1.54) is 0 Å². The van der Waals surface area contributed by atoms with Gasteiger partial charge < -0.3 is 11.1 Å². The van der Waals surface area contributed by atoms with Gasteiger partial charge in [-0.2, -0.15) is 0 Å². The Labute approximate surface area is 116 Å². The summed E-state index contributed by atoms with van der Waals surface area (Å²) in [7, 11) is 1.96. The van der Waals surface area contributed by atoms with Gasteiger partial charge in [-0.25, -0.2) is 0 Å². The van der Waals surface area contributed by atoms with E-state index in [0.29, 0.717) is 18.2 Å². The van der Waals surface area contributed by atoms with E-state index in [0.717, 1.165) is 24.2 Å². The van der Waals surface area contributed by atoms with Crippen LogP contribution >= 0.6 is 0 Å². The Bertz CT molecular complexity index is 409. The number of nitrogens with zero attached hydrogens (tertiary/aromatic N) is 1. The molecule has 0 aliphatic carbocycles. The summed E-state index contributed by atoms with van der Waals surface area (Å²) < 4.78 is 0. The van der Waals surface area contributed by atoms with E-state index in [2.05, 4.69) is 19.2 Å². The van der Waals surface area contributed by atoms with Gasteiger partial charge in [0.15, 0.2) is 0 Å². The first-order valence-corrected chi connectivity index (χ1v) is 6.73. The van der Waals surface area contributed by atoms with Crippen molar-refractivity contribution in [1.82, 2.24) is 4.90 Å². The smallest absolute Gasteiger partial charge is 0.238 e. The number of hydrogen-bond donors (Lipinski definition) is 2. The highest BCUT2D eigenvalue weighted by atomic mass is 16.2. The molecule has 19 heavy (non-hydrogen) atoms. The maximum Gasteiger partial charge on any atom is 0.238 e. The maximum atomic E-state index is 12.0. The van der Waals surface area contributed by atoms with E-state index < -0.39 is 0 Å². The second-order valence-electron chi connectivity index (χ2n) is 5.51. The van der Waals surface area contributed by atoms with Crippen LogP contribution in [-0.2, 0) is 4.79 Å². The molecule has 1 amide bonds. The summed E-state index contributed by atoms with van der Waals surface area (Å²) in [6.45, 7) is 7.62. The standard InChI is InChI=1S/C15H25N3O/c1-11(2)8-9-18(4)10-14(19)17-15-12(3)6-5-7-13(15)16/h5-7,11H,8-10,16H2,1-4H3,(H,17,19). The Morgan fingerprint density at radius 2 is 2.11 bits per heavy atom. The predicted molar refractivity (Wildman–Crippen MR) is 81.2 cm³/mol. The minimum absolute atomic E-state index is 0.0211. The van der Waals surface area contributed by atoms with Gasteiger partial charge in [-0.1, -0.05) is 26.0 Å². The van der Waals surface area contributed by atoms with Crippen LogP contribution in [0.25, 0.3) is 0 Å². The van der Waals surface area contributed by atoms with Gasteiger partial charge in [-0.05, 0) is 44.5 Å². The molecule has 0 aliphatic heterocycles. The lowest BCUT2D eigenvalue weighted by Crippen LogP contribution is -2.31. The second-order valence-corrected chi connectivity index (χ2v) is 5.51. The summed E-state index contributed by atoms with van der Waals surface area (Å²) in [5, 5.41) is 2.89. The van der Waals surface area contributed by atoms with Crippen LogP contribution in [0.2, 0.25) is 0 Å². The van der Waals surface area contributed by atoms with E-state index in [1.807, 2.05) is 31.0 Å². The Morgan fingerprint density at radius 3 is 2.68 bits per heavy atom. The summed E-state index contributed by atoms with van der Waals surface area (Å²) in [5.74, 6) is 0.629. The molecular weight excluding hydrogens is 238 g/mol. The fraction of sp³-hybridized carbons (Fsp3) is 0.533. The number of aryl methyl sites for hydroxylation is 1. The molecule has 4 heteroatoms. The Kier molecular flexibility index (Phi) is 5.83.